The summed E-state index contributed by atoms with van der Waals surface area (Å²) in [4.78, 5) is 4.41. The molecule has 2 aromatic rings. The molecule has 0 aliphatic carbocycles. The molecule has 0 bridgehead atoms. The van der Waals surface area contributed by atoms with E-state index < -0.39 is 0 Å². The Labute approximate surface area is 138 Å². The maximum absolute atomic E-state index is 6.21. The van der Waals surface area contributed by atoms with Crippen molar-refractivity contribution in [3.63, 3.8) is 0 Å². The maximum atomic E-state index is 6.21. The van der Waals surface area contributed by atoms with E-state index in [9.17, 15) is 0 Å². The van der Waals surface area contributed by atoms with Crippen LogP contribution in [0.2, 0.25) is 5.02 Å². The van der Waals surface area contributed by atoms with Crippen LogP contribution in [-0.4, -0.2) is 12.1 Å². The molecule has 0 aliphatic heterocycles. The molecule has 5 heteroatoms. The Bertz CT molecular complexity index is 646. The number of benzene rings is 1. The number of aryl methyl sites for hydroxylation is 1. The second kappa shape index (κ2) is 7.14. The summed E-state index contributed by atoms with van der Waals surface area (Å²) < 4.78 is 11.2. The summed E-state index contributed by atoms with van der Waals surface area (Å²) in [6.07, 6.45) is 1.79. The number of aromatic nitrogens is 1. The second-order valence-corrected chi connectivity index (χ2v) is 5.70. The van der Waals surface area contributed by atoms with Gasteiger partial charge in [-0.1, -0.05) is 33.6 Å². The molecule has 1 aromatic heterocycles. The number of nitrogens with zero attached hydrogens (tertiary/aromatic N) is 1. The van der Waals surface area contributed by atoms with Crippen LogP contribution in [0.5, 0.6) is 11.5 Å². The highest BCUT2D eigenvalue weighted by Gasteiger charge is 2.11. The minimum absolute atomic E-state index is 0.357. The van der Waals surface area contributed by atoms with Crippen LogP contribution in [0.25, 0.3) is 0 Å². The molecule has 0 saturated heterocycles. The molecule has 0 atom stereocenters. The van der Waals surface area contributed by atoms with Gasteiger partial charge in [0.15, 0.2) is 0 Å². The fourth-order valence-electron chi connectivity index (χ4n) is 2.11. The van der Waals surface area contributed by atoms with Gasteiger partial charge in [0.25, 0.3) is 0 Å². The largest absolute Gasteiger partial charge is 0.496 e. The Morgan fingerprint density at radius 1 is 1.29 bits per heavy atom. The van der Waals surface area contributed by atoms with Crippen LogP contribution in [0.4, 0.5) is 0 Å². The predicted octanol–water partition coefficient (Wildman–Crippen LogP) is 4.83. The average molecular weight is 371 g/mol. The van der Waals surface area contributed by atoms with Gasteiger partial charge in [-0.25, -0.2) is 0 Å². The number of rotatable bonds is 5. The van der Waals surface area contributed by atoms with Crippen molar-refractivity contribution in [2.24, 2.45) is 0 Å². The summed E-state index contributed by atoms with van der Waals surface area (Å²) >= 11 is 9.61. The van der Waals surface area contributed by atoms with Crippen molar-refractivity contribution >= 4 is 27.5 Å². The van der Waals surface area contributed by atoms with Crippen molar-refractivity contribution < 1.29 is 9.47 Å². The van der Waals surface area contributed by atoms with E-state index >= 15 is 0 Å². The smallest absolute Gasteiger partial charge is 0.138 e. The zero-order chi connectivity index (χ0) is 15.4. The molecular formula is C16H17BrClNO2. The first-order chi connectivity index (χ1) is 10.1. The van der Waals surface area contributed by atoms with Crippen LogP contribution >= 0.6 is 27.5 Å². The van der Waals surface area contributed by atoms with E-state index in [1.165, 1.54) is 0 Å². The molecule has 0 radical (unpaired) electrons. The Morgan fingerprint density at radius 2 is 2.05 bits per heavy atom. The molecule has 0 N–H and O–H groups in total. The Balaban J connectivity index is 2.17. The molecular weight excluding hydrogens is 354 g/mol. The van der Waals surface area contributed by atoms with Gasteiger partial charge >= 0.3 is 0 Å². The van der Waals surface area contributed by atoms with Crippen molar-refractivity contribution in [2.75, 3.05) is 7.11 Å². The predicted molar refractivity (Wildman–Crippen MR) is 88.7 cm³/mol. The fraction of sp³-hybridized carbons (Fsp3) is 0.312. The monoisotopic (exact) mass is 369 g/mol. The lowest BCUT2D eigenvalue weighted by Gasteiger charge is -2.13. The molecule has 0 fully saturated rings. The number of hydrogen-bond donors (Lipinski definition) is 0. The highest BCUT2D eigenvalue weighted by Crippen LogP contribution is 2.29. The standard InChI is InChI=1S/C16H17BrClNO2/c1-10-8-19-14(11(2)16(10)20-3)9-21-15-5-4-12(7-17)6-13(15)18/h4-6,8H,7,9H2,1-3H3. The quantitative estimate of drug-likeness (QED) is 0.706. The average Bonchev–Trinajstić information content (AvgIpc) is 2.48. The van der Waals surface area contributed by atoms with Crippen molar-refractivity contribution in [2.45, 2.75) is 25.8 Å². The van der Waals surface area contributed by atoms with E-state index in [1.54, 1.807) is 13.3 Å². The van der Waals surface area contributed by atoms with Crippen LogP contribution in [0.15, 0.2) is 24.4 Å². The molecule has 21 heavy (non-hydrogen) atoms. The normalized spacial score (nSPS) is 10.5. The molecule has 2 rings (SSSR count). The third-order valence-electron chi connectivity index (χ3n) is 3.26. The van der Waals surface area contributed by atoms with E-state index in [0.717, 1.165) is 33.5 Å². The number of alkyl halides is 1. The topological polar surface area (TPSA) is 31.4 Å². The first kappa shape index (κ1) is 16.1. The van der Waals surface area contributed by atoms with E-state index in [-0.39, 0.29) is 0 Å². The number of ether oxygens (including phenoxy) is 2. The fourth-order valence-corrected chi connectivity index (χ4v) is 2.71. The number of halogens is 2. The molecule has 112 valence electrons. The summed E-state index contributed by atoms with van der Waals surface area (Å²) in [6, 6.07) is 5.74. The van der Waals surface area contributed by atoms with Gasteiger partial charge in [0, 0.05) is 22.7 Å². The highest BCUT2D eigenvalue weighted by molar-refractivity contribution is 9.08. The van der Waals surface area contributed by atoms with E-state index in [4.69, 9.17) is 21.1 Å². The summed E-state index contributed by atoms with van der Waals surface area (Å²) in [5.74, 6) is 1.51. The Hall–Kier alpha value is -1.26. The van der Waals surface area contributed by atoms with Crippen LogP contribution in [0.1, 0.15) is 22.4 Å². The van der Waals surface area contributed by atoms with Gasteiger partial charge in [-0.15, -0.1) is 0 Å². The van der Waals surface area contributed by atoms with Gasteiger partial charge in [-0.2, -0.15) is 0 Å². The SMILES string of the molecule is COc1c(C)cnc(COc2ccc(CBr)cc2Cl)c1C. The van der Waals surface area contributed by atoms with Crippen LogP contribution in [0.3, 0.4) is 0 Å². The molecule has 0 aliphatic rings. The van der Waals surface area contributed by atoms with Gasteiger partial charge < -0.3 is 9.47 Å². The zero-order valence-electron chi connectivity index (χ0n) is 12.2. The van der Waals surface area contributed by atoms with Crippen molar-refractivity contribution in [1.29, 1.82) is 0 Å². The lowest BCUT2D eigenvalue weighted by atomic mass is 10.1. The molecule has 0 unspecified atom stereocenters. The number of hydrogen-bond acceptors (Lipinski definition) is 3. The van der Waals surface area contributed by atoms with Crippen molar-refractivity contribution in [3.8, 4) is 11.5 Å². The second-order valence-electron chi connectivity index (χ2n) is 4.73. The third kappa shape index (κ3) is 3.69. The first-order valence-electron chi connectivity index (χ1n) is 6.53. The van der Waals surface area contributed by atoms with E-state index in [1.807, 2.05) is 32.0 Å². The lowest BCUT2D eigenvalue weighted by Crippen LogP contribution is -2.04. The number of pyridine rings is 1. The minimum atomic E-state index is 0.357. The number of methoxy groups -OCH3 is 1. The molecule has 0 saturated carbocycles. The molecule has 1 aromatic carbocycles. The molecule has 0 spiro atoms. The maximum Gasteiger partial charge on any atom is 0.138 e. The summed E-state index contributed by atoms with van der Waals surface area (Å²) in [5, 5.41) is 1.37. The van der Waals surface area contributed by atoms with Crippen molar-refractivity contribution in [3.05, 3.63) is 51.8 Å². The van der Waals surface area contributed by atoms with Gasteiger partial charge in [-0.3, -0.25) is 4.98 Å². The summed E-state index contributed by atoms with van der Waals surface area (Å²) in [5.41, 5.74) is 3.96. The Morgan fingerprint density at radius 3 is 2.67 bits per heavy atom. The van der Waals surface area contributed by atoms with Gasteiger partial charge in [0.1, 0.15) is 18.1 Å². The Kier molecular flexibility index (Phi) is 5.48. The summed E-state index contributed by atoms with van der Waals surface area (Å²) in [7, 11) is 1.66. The van der Waals surface area contributed by atoms with Gasteiger partial charge in [-0.05, 0) is 31.5 Å². The lowest BCUT2D eigenvalue weighted by molar-refractivity contribution is 0.299. The molecule has 0 amide bonds. The summed E-state index contributed by atoms with van der Waals surface area (Å²) in [6.45, 7) is 4.31. The first-order valence-corrected chi connectivity index (χ1v) is 8.03. The van der Waals surface area contributed by atoms with Gasteiger partial charge in [0.2, 0.25) is 0 Å². The zero-order valence-corrected chi connectivity index (χ0v) is 14.6. The molecule has 1 heterocycles. The van der Waals surface area contributed by atoms with Crippen LogP contribution in [-0.2, 0) is 11.9 Å². The van der Waals surface area contributed by atoms with E-state index in [0.29, 0.717) is 17.4 Å². The van der Waals surface area contributed by atoms with Gasteiger partial charge in [0.05, 0.1) is 17.8 Å². The third-order valence-corrected chi connectivity index (χ3v) is 4.21. The highest BCUT2D eigenvalue weighted by atomic mass is 79.9. The van der Waals surface area contributed by atoms with Crippen LogP contribution in [0, 0.1) is 13.8 Å². The van der Waals surface area contributed by atoms with Crippen LogP contribution < -0.4 is 9.47 Å². The van der Waals surface area contributed by atoms with E-state index in [2.05, 4.69) is 20.9 Å². The van der Waals surface area contributed by atoms with Crippen molar-refractivity contribution in [1.82, 2.24) is 4.98 Å². The minimum Gasteiger partial charge on any atom is -0.496 e. The molecule has 3 nitrogen and oxygen atoms in total.